The SMILES string of the molecule is CC(N[C@H]1C[C@@H](O)[C@@H]1n1cccn1)c1ccc(-c2ccncc2)cc1. The van der Waals surface area contributed by atoms with Crippen molar-refractivity contribution in [1.29, 1.82) is 0 Å². The molecule has 0 radical (unpaired) electrons. The van der Waals surface area contributed by atoms with Crippen molar-refractivity contribution in [3.05, 3.63) is 72.8 Å². The molecule has 0 amide bonds. The van der Waals surface area contributed by atoms with Crippen molar-refractivity contribution in [2.75, 3.05) is 0 Å². The van der Waals surface area contributed by atoms with E-state index in [0.29, 0.717) is 0 Å². The Morgan fingerprint density at radius 3 is 2.44 bits per heavy atom. The van der Waals surface area contributed by atoms with Crippen LogP contribution in [0.3, 0.4) is 0 Å². The molecule has 5 heteroatoms. The van der Waals surface area contributed by atoms with E-state index in [9.17, 15) is 5.11 Å². The summed E-state index contributed by atoms with van der Waals surface area (Å²) in [5, 5.41) is 18.0. The Bertz CT molecular complexity index is 801. The van der Waals surface area contributed by atoms with Gasteiger partial charge in [-0.05, 0) is 48.2 Å². The first-order valence-corrected chi connectivity index (χ1v) is 8.66. The molecule has 4 atom stereocenters. The van der Waals surface area contributed by atoms with E-state index in [0.717, 1.165) is 6.42 Å². The summed E-state index contributed by atoms with van der Waals surface area (Å²) in [4.78, 5) is 4.06. The van der Waals surface area contributed by atoms with Crippen molar-refractivity contribution in [2.24, 2.45) is 0 Å². The quantitative estimate of drug-likeness (QED) is 0.753. The maximum Gasteiger partial charge on any atom is 0.0932 e. The Labute approximate surface area is 147 Å². The number of benzene rings is 1. The first kappa shape index (κ1) is 16.0. The lowest BCUT2D eigenvalue weighted by Gasteiger charge is -2.43. The largest absolute Gasteiger partial charge is 0.391 e. The number of aromatic nitrogens is 3. The van der Waals surface area contributed by atoms with Gasteiger partial charge in [0.05, 0.1) is 12.1 Å². The standard InChI is InChI=1S/C20H22N4O/c1-14(23-18-13-19(25)20(18)24-12-2-9-22-24)15-3-5-16(6-4-15)17-7-10-21-11-8-17/h2-12,14,18-20,23,25H,13H2,1H3/t14?,18-,19+,20+/m0/s1. The first-order chi connectivity index (χ1) is 12.2. The van der Waals surface area contributed by atoms with Gasteiger partial charge in [-0.25, -0.2) is 0 Å². The predicted octanol–water partition coefficient (Wildman–Crippen LogP) is 2.97. The van der Waals surface area contributed by atoms with E-state index >= 15 is 0 Å². The van der Waals surface area contributed by atoms with Crippen molar-refractivity contribution >= 4 is 0 Å². The van der Waals surface area contributed by atoms with Gasteiger partial charge in [-0.15, -0.1) is 0 Å². The number of aliphatic hydroxyl groups is 1. The Balaban J connectivity index is 1.44. The molecule has 0 spiro atoms. The molecule has 1 aliphatic rings. The molecule has 5 nitrogen and oxygen atoms in total. The van der Waals surface area contributed by atoms with Gasteiger partial charge < -0.3 is 10.4 Å². The number of nitrogens with zero attached hydrogens (tertiary/aromatic N) is 3. The van der Waals surface area contributed by atoms with E-state index in [1.165, 1.54) is 16.7 Å². The molecular weight excluding hydrogens is 312 g/mol. The van der Waals surface area contributed by atoms with Gasteiger partial charge in [0.1, 0.15) is 0 Å². The lowest BCUT2D eigenvalue weighted by molar-refractivity contribution is -0.0110. The van der Waals surface area contributed by atoms with Gasteiger partial charge in [0.2, 0.25) is 0 Å². The molecule has 4 rings (SSSR count). The summed E-state index contributed by atoms with van der Waals surface area (Å²) >= 11 is 0. The molecule has 3 aromatic rings. The summed E-state index contributed by atoms with van der Waals surface area (Å²) in [7, 11) is 0. The highest BCUT2D eigenvalue weighted by molar-refractivity contribution is 5.62. The van der Waals surface area contributed by atoms with E-state index in [1.54, 1.807) is 6.20 Å². The summed E-state index contributed by atoms with van der Waals surface area (Å²) in [5.41, 5.74) is 3.59. The highest BCUT2D eigenvalue weighted by Crippen LogP contribution is 2.34. The third-order valence-electron chi connectivity index (χ3n) is 5.02. The maximum absolute atomic E-state index is 10.1. The van der Waals surface area contributed by atoms with Crippen LogP contribution in [0, 0.1) is 0 Å². The van der Waals surface area contributed by atoms with Crippen LogP contribution in [0.15, 0.2) is 67.3 Å². The number of nitrogens with one attached hydrogen (secondary N) is 1. The summed E-state index contributed by atoms with van der Waals surface area (Å²) in [6, 6.07) is 15.0. The van der Waals surface area contributed by atoms with E-state index in [4.69, 9.17) is 0 Å². The van der Waals surface area contributed by atoms with Crippen molar-refractivity contribution in [3.8, 4) is 11.1 Å². The zero-order valence-corrected chi connectivity index (χ0v) is 14.2. The average molecular weight is 334 g/mol. The number of pyridine rings is 1. The highest BCUT2D eigenvalue weighted by atomic mass is 16.3. The summed E-state index contributed by atoms with van der Waals surface area (Å²) in [6.45, 7) is 2.16. The molecule has 0 bridgehead atoms. The fourth-order valence-corrected chi connectivity index (χ4v) is 3.52. The number of hydrogen-bond donors (Lipinski definition) is 2. The second-order valence-corrected chi connectivity index (χ2v) is 6.63. The van der Waals surface area contributed by atoms with Crippen LogP contribution in [0.2, 0.25) is 0 Å². The highest BCUT2D eigenvalue weighted by Gasteiger charge is 2.42. The molecule has 1 unspecified atom stereocenters. The first-order valence-electron chi connectivity index (χ1n) is 8.66. The summed E-state index contributed by atoms with van der Waals surface area (Å²) < 4.78 is 1.85. The van der Waals surface area contributed by atoms with Gasteiger partial charge in [0, 0.05) is 36.9 Å². The lowest BCUT2D eigenvalue weighted by Crippen LogP contribution is -2.55. The topological polar surface area (TPSA) is 63.0 Å². The van der Waals surface area contributed by atoms with Gasteiger partial charge in [0.15, 0.2) is 0 Å². The van der Waals surface area contributed by atoms with Gasteiger partial charge >= 0.3 is 0 Å². The Morgan fingerprint density at radius 1 is 1.08 bits per heavy atom. The van der Waals surface area contributed by atoms with Crippen LogP contribution in [0.5, 0.6) is 0 Å². The Kier molecular flexibility index (Phi) is 4.34. The van der Waals surface area contributed by atoms with E-state index in [1.807, 2.05) is 41.5 Å². The minimum atomic E-state index is -0.335. The van der Waals surface area contributed by atoms with E-state index < -0.39 is 0 Å². The predicted molar refractivity (Wildman–Crippen MR) is 96.9 cm³/mol. The number of hydrogen-bond acceptors (Lipinski definition) is 4. The van der Waals surface area contributed by atoms with Gasteiger partial charge in [-0.3, -0.25) is 9.67 Å². The molecule has 1 aliphatic carbocycles. The van der Waals surface area contributed by atoms with Gasteiger partial charge in [0.25, 0.3) is 0 Å². The third kappa shape index (κ3) is 3.21. The molecule has 0 saturated heterocycles. The van der Waals surface area contributed by atoms with Crippen molar-refractivity contribution < 1.29 is 5.11 Å². The molecule has 25 heavy (non-hydrogen) atoms. The molecule has 1 aromatic carbocycles. The van der Waals surface area contributed by atoms with Crippen LogP contribution < -0.4 is 5.32 Å². The number of rotatable bonds is 5. The van der Waals surface area contributed by atoms with E-state index in [-0.39, 0.29) is 24.2 Å². The van der Waals surface area contributed by atoms with E-state index in [2.05, 4.69) is 46.6 Å². The average Bonchev–Trinajstić information content (AvgIpc) is 3.15. The molecular formula is C20H22N4O. The van der Waals surface area contributed by atoms with Crippen LogP contribution in [0.1, 0.15) is 31.0 Å². The summed E-state index contributed by atoms with van der Waals surface area (Å²) in [6.07, 6.45) is 7.71. The molecule has 128 valence electrons. The summed E-state index contributed by atoms with van der Waals surface area (Å²) in [5.74, 6) is 0. The van der Waals surface area contributed by atoms with Gasteiger partial charge in [-0.2, -0.15) is 5.10 Å². The second-order valence-electron chi connectivity index (χ2n) is 6.63. The van der Waals surface area contributed by atoms with Crippen LogP contribution in [-0.4, -0.2) is 32.0 Å². The zero-order valence-electron chi connectivity index (χ0n) is 14.2. The number of aliphatic hydroxyl groups excluding tert-OH is 1. The smallest absolute Gasteiger partial charge is 0.0932 e. The molecule has 0 aliphatic heterocycles. The van der Waals surface area contributed by atoms with Crippen LogP contribution in [0.25, 0.3) is 11.1 Å². The molecule has 2 heterocycles. The third-order valence-corrected chi connectivity index (χ3v) is 5.02. The van der Waals surface area contributed by atoms with Crippen LogP contribution in [0.4, 0.5) is 0 Å². The normalized spacial score (nSPS) is 23.8. The van der Waals surface area contributed by atoms with Crippen LogP contribution >= 0.6 is 0 Å². The maximum atomic E-state index is 10.1. The monoisotopic (exact) mass is 334 g/mol. The lowest BCUT2D eigenvalue weighted by atomic mass is 9.82. The molecule has 1 saturated carbocycles. The van der Waals surface area contributed by atoms with Crippen molar-refractivity contribution in [2.45, 2.75) is 37.6 Å². The zero-order chi connectivity index (χ0) is 17.2. The molecule has 2 aromatic heterocycles. The fourth-order valence-electron chi connectivity index (χ4n) is 3.52. The second kappa shape index (κ2) is 6.78. The van der Waals surface area contributed by atoms with Gasteiger partial charge in [-0.1, -0.05) is 24.3 Å². The fraction of sp³-hybridized carbons (Fsp3) is 0.300. The minimum Gasteiger partial charge on any atom is -0.391 e. The molecule has 1 fully saturated rings. The Morgan fingerprint density at radius 2 is 1.80 bits per heavy atom. The molecule has 2 N–H and O–H groups in total. The van der Waals surface area contributed by atoms with Crippen LogP contribution in [-0.2, 0) is 0 Å². The van der Waals surface area contributed by atoms with Crippen molar-refractivity contribution in [3.63, 3.8) is 0 Å². The van der Waals surface area contributed by atoms with Crippen molar-refractivity contribution in [1.82, 2.24) is 20.1 Å². The Hall–Kier alpha value is -2.50. The minimum absolute atomic E-state index is 0.00791.